The smallest absolute Gasteiger partial charge is 0.408 e. The predicted molar refractivity (Wildman–Crippen MR) is 102 cm³/mol. The van der Waals surface area contributed by atoms with E-state index in [0.717, 1.165) is 37.9 Å². The second-order valence-electron chi connectivity index (χ2n) is 7.48. The van der Waals surface area contributed by atoms with Crippen LogP contribution >= 0.6 is 11.6 Å². The third kappa shape index (κ3) is 4.68. The minimum absolute atomic E-state index is 0.0503. The number of halogens is 1. The molecule has 1 N–H and O–H groups in total. The van der Waals surface area contributed by atoms with Crippen molar-refractivity contribution in [2.24, 2.45) is 11.8 Å². The van der Waals surface area contributed by atoms with Crippen molar-refractivity contribution in [1.29, 1.82) is 0 Å². The highest BCUT2D eigenvalue weighted by atomic mass is 35.5. The number of benzene rings is 1. The van der Waals surface area contributed by atoms with Gasteiger partial charge in [-0.3, -0.25) is 9.36 Å². The summed E-state index contributed by atoms with van der Waals surface area (Å²) in [5, 5.41) is 3.38. The summed E-state index contributed by atoms with van der Waals surface area (Å²) in [6.07, 6.45) is 2.20. The zero-order valence-corrected chi connectivity index (χ0v) is 16.1. The zero-order chi connectivity index (χ0) is 18.7. The van der Waals surface area contributed by atoms with E-state index >= 15 is 0 Å². The molecule has 6 nitrogen and oxygen atoms in total. The third-order valence-electron chi connectivity index (χ3n) is 4.85. The molecule has 0 spiro atoms. The van der Waals surface area contributed by atoms with Crippen LogP contribution in [0.5, 0.6) is 0 Å². The van der Waals surface area contributed by atoms with Gasteiger partial charge in [0.05, 0.1) is 5.52 Å². The second-order valence-corrected chi connectivity index (χ2v) is 7.91. The van der Waals surface area contributed by atoms with Crippen molar-refractivity contribution in [3.63, 3.8) is 0 Å². The molecule has 142 valence electrons. The van der Waals surface area contributed by atoms with Crippen LogP contribution in [0.3, 0.4) is 0 Å². The van der Waals surface area contributed by atoms with Crippen LogP contribution in [0.4, 0.5) is 0 Å². The largest absolute Gasteiger partial charge is 0.420 e. The molecule has 7 heteroatoms. The Morgan fingerprint density at radius 2 is 2.04 bits per heavy atom. The number of fused-ring (bicyclic) bond motifs is 1. The van der Waals surface area contributed by atoms with Crippen LogP contribution in [0.15, 0.2) is 27.4 Å². The van der Waals surface area contributed by atoms with Gasteiger partial charge in [0.1, 0.15) is 6.54 Å². The maximum Gasteiger partial charge on any atom is 0.420 e. The molecule has 2 heterocycles. The van der Waals surface area contributed by atoms with E-state index in [9.17, 15) is 9.59 Å². The maximum atomic E-state index is 12.2. The summed E-state index contributed by atoms with van der Waals surface area (Å²) in [4.78, 5) is 26.6. The van der Waals surface area contributed by atoms with Crippen molar-refractivity contribution in [3.05, 3.63) is 33.8 Å². The van der Waals surface area contributed by atoms with Gasteiger partial charge >= 0.3 is 5.76 Å². The minimum atomic E-state index is -0.547. The van der Waals surface area contributed by atoms with Gasteiger partial charge < -0.3 is 14.6 Å². The summed E-state index contributed by atoms with van der Waals surface area (Å²) in [6, 6.07) is 4.94. The van der Waals surface area contributed by atoms with E-state index in [1.54, 1.807) is 18.2 Å². The second kappa shape index (κ2) is 8.27. The molecule has 2 atom stereocenters. The van der Waals surface area contributed by atoms with Crippen molar-refractivity contribution in [1.82, 2.24) is 14.8 Å². The Labute approximate surface area is 158 Å². The maximum absolute atomic E-state index is 12.2. The highest BCUT2D eigenvalue weighted by molar-refractivity contribution is 6.31. The van der Waals surface area contributed by atoms with E-state index in [1.807, 2.05) is 0 Å². The third-order valence-corrected chi connectivity index (χ3v) is 5.08. The van der Waals surface area contributed by atoms with Gasteiger partial charge in [0.2, 0.25) is 5.91 Å². The number of oxazole rings is 1. The van der Waals surface area contributed by atoms with E-state index in [-0.39, 0.29) is 12.5 Å². The molecule has 0 bridgehead atoms. The zero-order valence-electron chi connectivity index (χ0n) is 15.3. The van der Waals surface area contributed by atoms with Gasteiger partial charge in [0.15, 0.2) is 5.58 Å². The molecule has 1 aliphatic heterocycles. The van der Waals surface area contributed by atoms with Crippen molar-refractivity contribution < 1.29 is 9.21 Å². The van der Waals surface area contributed by atoms with Gasteiger partial charge in [0, 0.05) is 30.7 Å². The number of amides is 1. The monoisotopic (exact) mass is 379 g/mol. The summed E-state index contributed by atoms with van der Waals surface area (Å²) in [7, 11) is 0. The number of nitrogens with zero attached hydrogens (tertiary/aromatic N) is 2. The fraction of sp³-hybridized carbons (Fsp3) is 0.579. The summed E-state index contributed by atoms with van der Waals surface area (Å²) in [5.41, 5.74) is 0.967. The Bertz CT molecular complexity index is 819. The van der Waals surface area contributed by atoms with E-state index in [0.29, 0.717) is 22.7 Å². The Morgan fingerprint density at radius 3 is 2.77 bits per heavy atom. The summed E-state index contributed by atoms with van der Waals surface area (Å²) < 4.78 is 6.47. The molecule has 1 aromatic heterocycles. The van der Waals surface area contributed by atoms with Gasteiger partial charge in [-0.2, -0.15) is 0 Å². The molecule has 1 saturated heterocycles. The molecular formula is C19H26ClN3O3. The lowest BCUT2D eigenvalue weighted by atomic mass is 9.92. The number of rotatable bonds is 6. The number of hydrogen-bond donors (Lipinski definition) is 1. The van der Waals surface area contributed by atoms with Crippen LogP contribution in [0, 0.1) is 11.8 Å². The number of hydrogen-bond acceptors (Lipinski definition) is 4. The normalized spacial score (nSPS) is 21.2. The van der Waals surface area contributed by atoms with Crippen LogP contribution < -0.4 is 11.1 Å². The molecule has 0 radical (unpaired) electrons. The Hall–Kier alpha value is -1.79. The molecule has 26 heavy (non-hydrogen) atoms. The number of carbonyl (C=O) groups is 1. The summed E-state index contributed by atoms with van der Waals surface area (Å²) in [6.45, 7) is 8.41. The number of carbonyl (C=O) groups excluding carboxylic acids is 1. The van der Waals surface area contributed by atoms with E-state index in [2.05, 4.69) is 24.1 Å². The summed E-state index contributed by atoms with van der Waals surface area (Å²) >= 11 is 5.90. The van der Waals surface area contributed by atoms with Gasteiger partial charge in [0.25, 0.3) is 0 Å². The van der Waals surface area contributed by atoms with Crippen molar-refractivity contribution in [2.75, 3.05) is 26.2 Å². The SMILES string of the molecule is C[C@H]1C[C@H](C)CN(CCCNC(=O)Cn2c(=O)oc3cc(Cl)ccc32)C1. The highest BCUT2D eigenvalue weighted by Gasteiger charge is 2.21. The highest BCUT2D eigenvalue weighted by Crippen LogP contribution is 2.21. The Balaban J connectivity index is 1.48. The van der Waals surface area contributed by atoms with Crippen LogP contribution in [-0.2, 0) is 11.3 Å². The molecule has 1 fully saturated rings. The van der Waals surface area contributed by atoms with E-state index in [4.69, 9.17) is 16.0 Å². The minimum Gasteiger partial charge on any atom is -0.408 e. The number of nitrogens with one attached hydrogen (secondary N) is 1. The van der Waals surface area contributed by atoms with E-state index < -0.39 is 5.76 Å². The lowest BCUT2D eigenvalue weighted by molar-refractivity contribution is -0.121. The molecule has 2 aromatic rings. The molecular weight excluding hydrogens is 354 g/mol. The molecule has 0 aliphatic carbocycles. The first-order chi connectivity index (χ1) is 12.4. The van der Waals surface area contributed by atoms with Gasteiger partial charge in [-0.25, -0.2) is 4.79 Å². The Morgan fingerprint density at radius 1 is 1.31 bits per heavy atom. The van der Waals surface area contributed by atoms with E-state index in [1.165, 1.54) is 11.0 Å². The topological polar surface area (TPSA) is 67.5 Å². The molecule has 0 saturated carbocycles. The molecule has 3 rings (SSSR count). The number of aromatic nitrogens is 1. The first kappa shape index (κ1) is 19.0. The van der Waals surface area contributed by atoms with Crippen LogP contribution in [-0.4, -0.2) is 41.6 Å². The predicted octanol–water partition coefficient (Wildman–Crippen LogP) is 2.73. The lowest BCUT2D eigenvalue weighted by Crippen LogP contribution is -2.40. The van der Waals surface area contributed by atoms with Crippen LogP contribution in [0.2, 0.25) is 5.02 Å². The van der Waals surface area contributed by atoms with Gasteiger partial charge in [-0.15, -0.1) is 0 Å². The van der Waals surface area contributed by atoms with Gasteiger partial charge in [-0.1, -0.05) is 25.4 Å². The fourth-order valence-electron chi connectivity index (χ4n) is 3.89. The average molecular weight is 380 g/mol. The number of piperidine rings is 1. The number of likely N-dealkylation sites (tertiary alicyclic amines) is 1. The first-order valence-electron chi connectivity index (χ1n) is 9.20. The molecule has 1 aromatic carbocycles. The van der Waals surface area contributed by atoms with Crippen molar-refractivity contribution in [3.8, 4) is 0 Å². The van der Waals surface area contributed by atoms with Crippen LogP contribution in [0.1, 0.15) is 26.7 Å². The summed E-state index contributed by atoms with van der Waals surface area (Å²) in [5.74, 6) is 0.741. The molecule has 1 aliphatic rings. The Kier molecular flexibility index (Phi) is 6.04. The van der Waals surface area contributed by atoms with Crippen molar-refractivity contribution >= 4 is 28.6 Å². The quantitative estimate of drug-likeness (QED) is 0.783. The van der Waals surface area contributed by atoms with Crippen LogP contribution in [0.25, 0.3) is 11.1 Å². The first-order valence-corrected chi connectivity index (χ1v) is 9.58. The fourth-order valence-corrected chi connectivity index (χ4v) is 4.06. The standard InChI is InChI=1S/C19H26ClN3O3/c1-13-8-14(2)11-22(10-13)7-3-6-21-18(24)12-23-16-5-4-15(20)9-17(16)26-19(23)25/h4-5,9,13-14H,3,6-8,10-12H2,1-2H3,(H,21,24)/t13-,14-/m0/s1. The molecule has 1 amide bonds. The average Bonchev–Trinajstić information content (AvgIpc) is 2.85. The van der Waals surface area contributed by atoms with Crippen molar-refractivity contribution in [2.45, 2.75) is 33.2 Å². The molecule has 0 unspecified atom stereocenters. The lowest BCUT2D eigenvalue weighted by Gasteiger charge is -2.34. The van der Waals surface area contributed by atoms with Gasteiger partial charge in [-0.05, 0) is 43.4 Å².